The normalized spacial score (nSPS) is 10.7. The number of aromatic carboxylic acids is 1. The number of carboxylic acid groups (broad SMARTS) is 1. The molecule has 0 aliphatic heterocycles. The monoisotopic (exact) mass is 279 g/mol. The Morgan fingerprint density at radius 1 is 1.47 bits per heavy atom. The molecule has 0 radical (unpaired) electrons. The molecule has 0 spiro atoms. The van der Waals surface area contributed by atoms with Crippen LogP contribution in [0.25, 0.3) is 10.6 Å². The molecule has 1 heterocycles. The van der Waals surface area contributed by atoms with Crippen LogP contribution in [0.3, 0.4) is 0 Å². The van der Waals surface area contributed by atoms with Gasteiger partial charge in [-0.2, -0.15) is 0 Å². The van der Waals surface area contributed by atoms with Crippen molar-refractivity contribution in [1.82, 2.24) is 4.98 Å². The van der Waals surface area contributed by atoms with Crippen molar-refractivity contribution in [2.24, 2.45) is 0 Å². The molecule has 0 aliphatic carbocycles. The first-order chi connectivity index (χ1) is 9.02. The Hall–Kier alpha value is -1.75. The molecule has 0 bridgehead atoms. The lowest BCUT2D eigenvalue weighted by Crippen LogP contribution is -1.98. The molecular formula is C14H14FNO2S. The van der Waals surface area contributed by atoms with E-state index in [-0.39, 0.29) is 10.7 Å². The van der Waals surface area contributed by atoms with Gasteiger partial charge in [-0.3, -0.25) is 0 Å². The Morgan fingerprint density at radius 3 is 2.84 bits per heavy atom. The molecule has 0 atom stereocenters. The van der Waals surface area contributed by atoms with Crippen molar-refractivity contribution in [3.8, 4) is 10.6 Å². The van der Waals surface area contributed by atoms with E-state index in [9.17, 15) is 14.3 Å². The van der Waals surface area contributed by atoms with Crippen molar-refractivity contribution >= 4 is 17.3 Å². The van der Waals surface area contributed by atoms with Gasteiger partial charge in [0.05, 0.1) is 5.69 Å². The van der Waals surface area contributed by atoms with Crippen molar-refractivity contribution in [3.63, 3.8) is 0 Å². The van der Waals surface area contributed by atoms with Gasteiger partial charge in [0, 0.05) is 5.56 Å². The van der Waals surface area contributed by atoms with Gasteiger partial charge in [-0.15, -0.1) is 11.3 Å². The van der Waals surface area contributed by atoms with Gasteiger partial charge in [0.15, 0.2) is 0 Å². The zero-order chi connectivity index (χ0) is 14.0. The SMILES string of the molecule is CCCc1nc(-c2cc(F)ccc2C)sc1C(=O)O. The molecule has 1 N–H and O–H groups in total. The van der Waals surface area contributed by atoms with Gasteiger partial charge < -0.3 is 5.11 Å². The third kappa shape index (κ3) is 2.81. The fourth-order valence-corrected chi connectivity index (χ4v) is 2.90. The summed E-state index contributed by atoms with van der Waals surface area (Å²) in [6.45, 7) is 3.83. The van der Waals surface area contributed by atoms with Gasteiger partial charge in [-0.1, -0.05) is 19.4 Å². The van der Waals surface area contributed by atoms with Crippen LogP contribution < -0.4 is 0 Å². The molecule has 0 amide bonds. The van der Waals surface area contributed by atoms with Crippen molar-refractivity contribution in [1.29, 1.82) is 0 Å². The van der Waals surface area contributed by atoms with Crippen LogP contribution in [-0.2, 0) is 6.42 Å². The summed E-state index contributed by atoms with van der Waals surface area (Å²) in [4.78, 5) is 15.8. The molecule has 0 unspecified atom stereocenters. The van der Waals surface area contributed by atoms with Crippen LogP contribution in [0, 0.1) is 12.7 Å². The number of carboxylic acids is 1. The average Bonchev–Trinajstić information content (AvgIpc) is 2.77. The molecular weight excluding hydrogens is 265 g/mol. The van der Waals surface area contributed by atoms with Crippen LogP contribution in [0.5, 0.6) is 0 Å². The molecule has 19 heavy (non-hydrogen) atoms. The summed E-state index contributed by atoms with van der Waals surface area (Å²) in [5.74, 6) is -1.31. The van der Waals surface area contributed by atoms with Crippen molar-refractivity contribution < 1.29 is 14.3 Å². The van der Waals surface area contributed by atoms with E-state index in [4.69, 9.17) is 0 Å². The highest BCUT2D eigenvalue weighted by molar-refractivity contribution is 7.17. The Bertz CT molecular complexity index is 622. The van der Waals surface area contributed by atoms with Crippen LogP contribution >= 0.6 is 11.3 Å². The molecule has 5 heteroatoms. The predicted octanol–water partition coefficient (Wildman–Crippen LogP) is 3.91. The van der Waals surface area contributed by atoms with Gasteiger partial charge in [-0.05, 0) is 31.0 Å². The van der Waals surface area contributed by atoms with Gasteiger partial charge in [-0.25, -0.2) is 14.2 Å². The molecule has 0 fully saturated rings. The number of rotatable bonds is 4. The van der Waals surface area contributed by atoms with Crippen LogP contribution in [0.1, 0.15) is 34.3 Å². The zero-order valence-corrected chi connectivity index (χ0v) is 11.6. The van der Waals surface area contributed by atoms with E-state index >= 15 is 0 Å². The molecule has 3 nitrogen and oxygen atoms in total. The fourth-order valence-electron chi connectivity index (χ4n) is 1.86. The summed E-state index contributed by atoms with van der Waals surface area (Å²) >= 11 is 1.11. The third-order valence-electron chi connectivity index (χ3n) is 2.81. The number of aromatic nitrogens is 1. The second-order valence-electron chi connectivity index (χ2n) is 4.31. The number of hydrogen-bond donors (Lipinski definition) is 1. The van der Waals surface area contributed by atoms with Crippen molar-refractivity contribution in [3.05, 3.63) is 40.2 Å². The highest BCUT2D eigenvalue weighted by Crippen LogP contribution is 2.31. The second-order valence-corrected chi connectivity index (χ2v) is 5.31. The quantitative estimate of drug-likeness (QED) is 0.923. The van der Waals surface area contributed by atoms with E-state index in [2.05, 4.69) is 4.98 Å². The van der Waals surface area contributed by atoms with Crippen LogP contribution in [0.2, 0.25) is 0 Å². The van der Waals surface area contributed by atoms with E-state index < -0.39 is 5.97 Å². The summed E-state index contributed by atoms with van der Waals surface area (Å²) in [5, 5.41) is 9.74. The van der Waals surface area contributed by atoms with E-state index in [0.717, 1.165) is 23.3 Å². The van der Waals surface area contributed by atoms with E-state index in [0.29, 0.717) is 22.7 Å². The number of aryl methyl sites for hydroxylation is 2. The third-order valence-corrected chi connectivity index (χ3v) is 3.93. The predicted molar refractivity (Wildman–Crippen MR) is 73.2 cm³/mol. The van der Waals surface area contributed by atoms with Gasteiger partial charge >= 0.3 is 5.97 Å². The first-order valence-corrected chi connectivity index (χ1v) is 6.84. The highest BCUT2D eigenvalue weighted by Gasteiger charge is 2.18. The van der Waals surface area contributed by atoms with Gasteiger partial charge in [0.1, 0.15) is 15.7 Å². The number of carbonyl (C=O) groups is 1. The van der Waals surface area contributed by atoms with Gasteiger partial charge in [0.25, 0.3) is 0 Å². The number of nitrogens with zero attached hydrogens (tertiary/aromatic N) is 1. The molecule has 1 aromatic heterocycles. The minimum Gasteiger partial charge on any atom is -0.477 e. The molecule has 1 aromatic carbocycles. The summed E-state index contributed by atoms with van der Waals surface area (Å²) in [5.41, 5.74) is 2.13. The number of thiazole rings is 1. The largest absolute Gasteiger partial charge is 0.477 e. The van der Waals surface area contributed by atoms with Crippen LogP contribution in [-0.4, -0.2) is 16.1 Å². The fraction of sp³-hybridized carbons (Fsp3) is 0.286. The molecule has 2 rings (SSSR count). The first-order valence-electron chi connectivity index (χ1n) is 6.02. The molecule has 100 valence electrons. The molecule has 0 aliphatic rings. The summed E-state index contributed by atoms with van der Waals surface area (Å²) in [6, 6.07) is 4.46. The Labute approximate surface area is 114 Å². The number of hydrogen-bond acceptors (Lipinski definition) is 3. The number of halogens is 1. The number of benzene rings is 1. The minimum absolute atomic E-state index is 0.250. The lowest BCUT2D eigenvalue weighted by atomic mass is 10.1. The molecule has 0 saturated heterocycles. The molecule has 0 saturated carbocycles. The topological polar surface area (TPSA) is 50.2 Å². The van der Waals surface area contributed by atoms with Crippen LogP contribution in [0.15, 0.2) is 18.2 Å². The standard InChI is InChI=1S/C14H14FNO2S/c1-3-4-11-12(14(17)18)19-13(16-11)10-7-9(15)6-5-8(10)2/h5-7H,3-4H2,1-2H3,(H,17,18). The summed E-state index contributed by atoms with van der Waals surface area (Å²) < 4.78 is 13.3. The van der Waals surface area contributed by atoms with Crippen molar-refractivity contribution in [2.75, 3.05) is 0 Å². The minimum atomic E-state index is -0.971. The summed E-state index contributed by atoms with van der Waals surface area (Å²) in [7, 11) is 0. The van der Waals surface area contributed by atoms with Crippen molar-refractivity contribution in [2.45, 2.75) is 26.7 Å². The van der Waals surface area contributed by atoms with Gasteiger partial charge in [0.2, 0.25) is 0 Å². The van der Waals surface area contributed by atoms with E-state index in [1.807, 2.05) is 13.8 Å². The Kier molecular flexibility index (Phi) is 3.95. The zero-order valence-electron chi connectivity index (χ0n) is 10.7. The van der Waals surface area contributed by atoms with E-state index in [1.165, 1.54) is 12.1 Å². The maximum atomic E-state index is 13.3. The van der Waals surface area contributed by atoms with E-state index in [1.54, 1.807) is 6.07 Å². The first kappa shape index (κ1) is 13.7. The smallest absolute Gasteiger partial charge is 0.347 e. The Balaban J connectivity index is 2.53. The maximum absolute atomic E-state index is 13.3. The lowest BCUT2D eigenvalue weighted by Gasteiger charge is -2.01. The average molecular weight is 279 g/mol. The highest BCUT2D eigenvalue weighted by atomic mass is 32.1. The summed E-state index contributed by atoms with van der Waals surface area (Å²) in [6.07, 6.45) is 1.44. The Morgan fingerprint density at radius 2 is 2.21 bits per heavy atom. The lowest BCUT2D eigenvalue weighted by molar-refractivity contribution is 0.0700. The maximum Gasteiger partial charge on any atom is 0.347 e. The second kappa shape index (κ2) is 5.48. The molecule has 2 aromatic rings. The van der Waals surface area contributed by atoms with Crippen LogP contribution in [0.4, 0.5) is 4.39 Å².